The number of carbonyl (C=O) groups is 1. The van der Waals surface area contributed by atoms with Crippen molar-refractivity contribution in [1.82, 2.24) is 10.2 Å². The number of hydrogen-bond acceptors (Lipinski definition) is 2. The van der Waals surface area contributed by atoms with Crippen LogP contribution < -0.4 is 5.32 Å². The number of likely N-dealkylation sites (tertiary alicyclic amines) is 1. The average Bonchev–Trinajstić information content (AvgIpc) is 3.02. The van der Waals surface area contributed by atoms with Crippen molar-refractivity contribution >= 4 is 5.91 Å². The summed E-state index contributed by atoms with van der Waals surface area (Å²) in [6, 6.07) is 6.61. The number of carbonyl (C=O) groups excluding carboxylic acids is 1. The molecule has 0 radical (unpaired) electrons. The highest BCUT2D eigenvalue weighted by atomic mass is 19.1. The second-order valence-electron chi connectivity index (χ2n) is 5.85. The number of amides is 1. The Hall–Kier alpha value is -1.42. The monoisotopic (exact) mass is 292 g/mol. The van der Waals surface area contributed by atoms with E-state index in [9.17, 15) is 9.18 Å². The van der Waals surface area contributed by atoms with E-state index in [1.165, 1.54) is 25.0 Å². The van der Waals surface area contributed by atoms with Gasteiger partial charge in [-0.25, -0.2) is 4.39 Å². The van der Waals surface area contributed by atoms with Crippen LogP contribution in [0.15, 0.2) is 24.3 Å². The molecule has 1 heterocycles. The summed E-state index contributed by atoms with van der Waals surface area (Å²) in [5.41, 5.74) is 0.880. The molecule has 116 valence electrons. The minimum absolute atomic E-state index is 0.0372. The molecule has 0 bridgehead atoms. The fraction of sp³-hybridized carbons (Fsp3) is 0.588. The number of nitrogens with zero attached hydrogens (tertiary/aromatic N) is 1. The third-order valence-corrected chi connectivity index (χ3v) is 4.33. The molecule has 1 aromatic rings. The molecule has 2 unspecified atom stereocenters. The van der Waals surface area contributed by atoms with Gasteiger partial charge in [0.1, 0.15) is 5.82 Å². The van der Waals surface area contributed by atoms with Crippen LogP contribution >= 0.6 is 0 Å². The van der Waals surface area contributed by atoms with Gasteiger partial charge in [-0.2, -0.15) is 0 Å². The van der Waals surface area contributed by atoms with Crippen molar-refractivity contribution in [1.29, 1.82) is 0 Å². The lowest BCUT2D eigenvalue weighted by Gasteiger charge is -2.25. The molecule has 1 fully saturated rings. The lowest BCUT2D eigenvalue weighted by Crippen LogP contribution is -2.42. The molecule has 4 heteroatoms. The van der Waals surface area contributed by atoms with Gasteiger partial charge in [0.15, 0.2) is 0 Å². The van der Waals surface area contributed by atoms with Gasteiger partial charge in [0.25, 0.3) is 0 Å². The number of hydrogen-bond donors (Lipinski definition) is 1. The smallest absolute Gasteiger partial charge is 0.227 e. The molecular weight excluding hydrogens is 267 g/mol. The Labute approximate surface area is 126 Å². The Kier molecular flexibility index (Phi) is 5.74. The van der Waals surface area contributed by atoms with Gasteiger partial charge in [-0.3, -0.25) is 9.69 Å². The topological polar surface area (TPSA) is 32.3 Å². The van der Waals surface area contributed by atoms with Crippen molar-refractivity contribution < 1.29 is 9.18 Å². The first kappa shape index (κ1) is 16.0. The van der Waals surface area contributed by atoms with E-state index in [2.05, 4.69) is 17.1 Å². The zero-order chi connectivity index (χ0) is 15.2. The van der Waals surface area contributed by atoms with Crippen LogP contribution in [0.4, 0.5) is 4.39 Å². The predicted octanol–water partition coefficient (Wildman–Crippen LogP) is 2.92. The highest BCUT2D eigenvalue weighted by Gasteiger charge is 2.22. The zero-order valence-electron chi connectivity index (χ0n) is 12.9. The fourth-order valence-electron chi connectivity index (χ4n) is 2.95. The van der Waals surface area contributed by atoms with Crippen molar-refractivity contribution in [2.45, 2.75) is 45.1 Å². The van der Waals surface area contributed by atoms with Gasteiger partial charge >= 0.3 is 0 Å². The summed E-state index contributed by atoms with van der Waals surface area (Å²) < 4.78 is 13.0. The molecule has 0 saturated carbocycles. The van der Waals surface area contributed by atoms with Crippen LogP contribution in [0, 0.1) is 5.82 Å². The molecule has 1 aliphatic rings. The maximum Gasteiger partial charge on any atom is 0.227 e. The maximum absolute atomic E-state index is 13.0. The SMILES string of the molecule is CCC(C(=O)NCC(C)N1CCCC1)c1ccc(F)cc1. The number of nitrogens with one attached hydrogen (secondary N) is 1. The van der Waals surface area contributed by atoms with Crippen molar-refractivity contribution in [3.63, 3.8) is 0 Å². The third kappa shape index (κ3) is 4.27. The Morgan fingerprint density at radius 1 is 1.29 bits per heavy atom. The van der Waals surface area contributed by atoms with Crippen molar-refractivity contribution in [2.24, 2.45) is 0 Å². The highest BCUT2D eigenvalue weighted by Crippen LogP contribution is 2.20. The standard InChI is InChI=1S/C17H25FN2O/c1-3-16(14-6-8-15(18)9-7-14)17(21)19-12-13(2)20-10-4-5-11-20/h6-9,13,16H,3-5,10-12H2,1-2H3,(H,19,21). The van der Waals surface area contributed by atoms with Crippen LogP contribution in [0.25, 0.3) is 0 Å². The Morgan fingerprint density at radius 2 is 1.90 bits per heavy atom. The van der Waals surface area contributed by atoms with E-state index >= 15 is 0 Å². The summed E-state index contributed by atoms with van der Waals surface area (Å²) in [6.45, 7) is 7.08. The minimum Gasteiger partial charge on any atom is -0.354 e. The summed E-state index contributed by atoms with van der Waals surface area (Å²) in [4.78, 5) is 14.8. The number of rotatable bonds is 6. The van der Waals surface area contributed by atoms with Gasteiger partial charge in [-0.1, -0.05) is 19.1 Å². The number of halogens is 1. The largest absolute Gasteiger partial charge is 0.354 e. The summed E-state index contributed by atoms with van der Waals surface area (Å²) in [7, 11) is 0. The van der Waals surface area contributed by atoms with E-state index in [-0.39, 0.29) is 17.6 Å². The van der Waals surface area contributed by atoms with Crippen molar-refractivity contribution in [3.05, 3.63) is 35.6 Å². The molecule has 21 heavy (non-hydrogen) atoms. The first-order valence-corrected chi connectivity index (χ1v) is 7.89. The molecule has 1 amide bonds. The van der Waals surface area contributed by atoms with Gasteiger partial charge in [0.2, 0.25) is 5.91 Å². The second kappa shape index (κ2) is 7.55. The quantitative estimate of drug-likeness (QED) is 0.874. The second-order valence-corrected chi connectivity index (χ2v) is 5.85. The molecule has 0 spiro atoms. The molecule has 1 saturated heterocycles. The van der Waals surface area contributed by atoms with E-state index in [0.717, 1.165) is 25.1 Å². The molecular formula is C17H25FN2O. The van der Waals surface area contributed by atoms with E-state index in [1.807, 2.05) is 6.92 Å². The molecule has 3 nitrogen and oxygen atoms in total. The molecule has 2 atom stereocenters. The van der Waals surface area contributed by atoms with E-state index < -0.39 is 0 Å². The van der Waals surface area contributed by atoms with Gasteiger partial charge in [-0.05, 0) is 57.0 Å². The molecule has 1 aromatic carbocycles. The van der Waals surface area contributed by atoms with E-state index in [1.54, 1.807) is 12.1 Å². The molecule has 0 aromatic heterocycles. The predicted molar refractivity (Wildman–Crippen MR) is 82.7 cm³/mol. The Balaban J connectivity index is 1.89. The Morgan fingerprint density at radius 3 is 2.48 bits per heavy atom. The molecule has 1 aliphatic heterocycles. The van der Waals surface area contributed by atoms with Crippen LogP contribution in [-0.4, -0.2) is 36.5 Å². The van der Waals surface area contributed by atoms with E-state index in [0.29, 0.717) is 12.6 Å². The van der Waals surface area contributed by atoms with Gasteiger partial charge in [0, 0.05) is 12.6 Å². The lowest BCUT2D eigenvalue weighted by molar-refractivity contribution is -0.122. The molecule has 2 rings (SSSR count). The third-order valence-electron chi connectivity index (χ3n) is 4.33. The minimum atomic E-state index is -0.267. The van der Waals surface area contributed by atoms with Crippen LogP contribution in [0.2, 0.25) is 0 Å². The zero-order valence-corrected chi connectivity index (χ0v) is 12.9. The average molecular weight is 292 g/mol. The molecule has 1 N–H and O–H groups in total. The summed E-state index contributed by atoms with van der Waals surface area (Å²) in [5.74, 6) is -0.428. The van der Waals surface area contributed by atoms with Crippen LogP contribution in [-0.2, 0) is 4.79 Å². The summed E-state index contributed by atoms with van der Waals surface area (Å²) in [6.07, 6.45) is 3.23. The summed E-state index contributed by atoms with van der Waals surface area (Å²) >= 11 is 0. The van der Waals surface area contributed by atoms with Crippen LogP contribution in [0.5, 0.6) is 0 Å². The number of benzene rings is 1. The van der Waals surface area contributed by atoms with E-state index in [4.69, 9.17) is 0 Å². The normalized spacial score (nSPS) is 18.4. The van der Waals surface area contributed by atoms with Gasteiger partial charge in [0.05, 0.1) is 5.92 Å². The Bertz CT molecular complexity index is 454. The van der Waals surface area contributed by atoms with Crippen molar-refractivity contribution in [3.8, 4) is 0 Å². The van der Waals surface area contributed by atoms with Crippen molar-refractivity contribution in [2.75, 3.05) is 19.6 Å². The molecule has 0 aliphatic carbocycles. The van der Waals surface area contributed by atoms with Crippen LogP contribution in [0.3, 0.4) is 0 Å². The fourth-order valence-corrected chi connectivity index (χ4v) is 2.95. The van der Waals surface area contributed by atoms with Gasteiger partial charge < -0.3 is 5.32 Å². The van der Waals surface area contributed by atoms with Gasteiger partial charge in [-0.15, -0.1) is 0 Å². The van der Waals surface area contributed by atoms with Crippen LogP contribution in [0.1, 0.15) is 44.6 Å². The highest BCUT2D eigenvalue weighted by molar-refractivity contribution is 5.83. The maximum atomic E-state index is 13.0. The first-order chi connectivity index (χ1) is 10.1. The first-order valence-electron chi connectivity index (χ1n) is 7.89. The summed E-state index contributed by atoms with van der Waals surface area (Å²) in [5, 5.41) is 3.05. The lowest BCUT2D eigenvalue weighted by atomic mass is 9.95.